The normalized spacial score (nSPS) is 30.8. The van der Waals surface area contributed by atoms with Crippen molar-refractivity contribution in [1.82, 2.24) is 0 Å². The van der Waals surface area contributed by atoms with Crippen LogP contribution >= 0.6 is 0 Å². The molecule has 1 fully saturated rings. The van der Waals surface area contributed by atoms with Gasteiger partial charge in [0.25, 0.3) is 0 Å². The standard InChI is InChI=1S/C11H18O2/c1-8-6-11(7-9(8)2)4-5-13-10(3)12/h4,8-9H,5-7H2,1-3H3/b11-4-/t8-,9+/m0/s1. The number of esters is 1. The van der Waals surface area contributed by atoms with Gasteiger partial charge in [-0.2, -0.15) is 0 Å². The first kappa shape index (κ1) is 10.3. The molecule has 1 aliphatic carbocycles. The van der Waals surface area contributed by atoms with Crippen LogP contribution in [-0.2, 0) is 9.53 Å². The highest BCUT2D eigenvalue weighted by atomic mass is 16.5. The first-order chi connectivity index (χ1) is 6.09. The summed E-state index contributed by atoms with van der Waals surface area (Å²) in [6.07, 6.45) is 4.40. The lowest BCUT2D eigenvalue weighted by Crippen LogP contribution is -1.98. The molecule has 0 N–H and O–H groups in total. The molecule has 2 heteroatoms. The second kappa shape index (κ2) is 4.45. The van der Waals surface area contributed by atoms with E-state index < -0.39 is 0 Å². The molecule has 2 atom stereocenters. The lowest BCUT2D eigenvalue weighted by atomic mass is 10.0. The maximum absolute atomic E-state index is 10.5. The molecule has 74 valence electrons. The number of hydrogen-bond donors (Lipinski definition) is 0. The van der Waals surface area contributed by atoms with Gasteiger partial charge in [-0.1, -0.05) is 19.4 Å². The fraction of sp³-hybridized carbons (Fsp3) is 0.727. The quantitative estimate of drug-likeness (QED) is 0.484. The fourth-order valence-corrected chi connectivity index (χ4v) is 1.76. The van der Waals surface area contributed by atoms with E-state index in [2.05, 4.69) is 19.9 Å². The van der Waals surface area contributed by atoms with Crippen molar-refractivity contribution in [2.24, 2.45) is 11.8 Å². The monoisotopic (exact) mass is 182 g/mol. The molecule has 0 spiro atoms. The molecular formula is C11H18O2. The number of allylic oxidation sites excluding steroid dienone is 1. The molecule has 0 bridgehead atoms. The van der Waals surface area contributed by atoms with Crippen LogP contribution < -0.4 is 0 Å². The smallest absolute Gasteiger partial charge is 0.302 e. The first-order valence-electron chi connectivity index (χ1n) is 4.91. The highest BCUT2D eigenvalue weighted by Gasteiger charge is 2.22. The average Bonchev–Trinajstić information content (AvgIpc) is 2.30. The third-order valence-corrected chi connectivity index (χ3v) is 2.80. The van der Waals surface area contributed by atoms with Crippen LogP contribution in [0.4, 0.5) is 0 Å². The molecule has 0 aliphatic heterocycles. The fourth-order valence-electron chi connectivity index (χ4n) is 1.76. The molecular weight excluding hydrogens is 164 g/mol. The molecule has 0 aromatic carbocycles. The summed E-state index contributed by atoms with van der Waals surface area (Å²) in [6.45, 7) is 6.44. The molecule has 0 aromatic heterocycles. The van der Waals surface area contributed by atoms with E-state index in [1.807, 2.05) is 0 Å². The Balaban J connectivity index is 2.33. The summed E-state index contributed by atoms with van der Waals surface area (Å²) < 4.78 is 4.86. The van der Waals surface area contributed by atoms with Gasteiger partial charge in [0.15, 0.2) is 0 Å². The van der Waals surface area contributed by atoms with Gasteiger partial charge in [0.2, 0.25) is 0 Å². The maximum atomic E-state index is 10.5. The Bertz CT molecular complexity index is 206. The molecule has 0 aromatic rings. The zero-order valence-electron chi connectivity index (χ0n) is 8.67. The van der Waals surface area contributed by atoms with Crippen molar-refractivity contribution in [3.63, 3.8) is 0 Å². The summed E-state index contributed by atoms with van der Waals surface area (Å²) in [6, 6.07) is 0. The van der Waals surface area contributed by atoms with Crippen molar-refractivity contribution >= 4 is 5.97 Å². The Morgan fingerprint density at radius 3 is 2.46 bits per heavy atom. The lowest BCUT2D eigenvalue weighted by molar-refractivity contribution is -0.139. The molecule has 0 unspecified atom stereocenters. The Kier molecular flexibility index (Phi) is 3.52. The number of hydrogen-bond acceptors (Lipinski definition) is 2. The van der Waals surface area contributed by atoms with Crippen LogP contribution in [0.5, 0.6) is 0 Å². The van der Waals surface area contributed by atoms with E-state index in [1.54, 1.807) is 0 Å². The Morgan fingerprint density at radius 2 is 2.00 bits per heavy atom. The Labute approximate surface area is 80.0 Å². The van der Waals surface area contributed by atoms with Crippen molar-refractivity contribution < 1.29 is 9.53 Å². The molecule has 0 saturated heterocycles. The molecule has 1 rings (SSSR count). The van der Waals surface area contributed by atoms with Gasteiger partial charge in [0.05, 0.1) is 0 Å². The summed E-state index contributed by atoms with van der Waals surface area (Å²) in [7, 11) is 0. The SMILES string of the molecule is CC(=O)OC/C=C1\C[C@@H](C)[C@@H](C)C1. The van der Waals surface area contributed by atoms with Gasteiger partial charge in [-0.15, -0.1) is 0 Å². The van der Waals surface area contributed by atoms with E-state index in [1.165, 1.54) is 25.3 Å². The second-order valence-corrected chi connectivity index (χ2v) is 4.03. The molecule has 1 aliphatic rings. The summed E-state index contributed by atoms with van der Waals surface area (Å²) in [5.41, 5.74) is 1.45. The molecule has 0 radical (unpaired) electrons. The van der Waals surface area contributed by atoms with Gasteiger partial charge < -0.3 is 4.74 Å². The van der Waals surface area contributed by atoms with E-state index >= 15 is 0 Å². The number of carbonyl (C=O) groups is 1. The third-order valence-electron chi connectivity index (χ3n) is 2.80. The summed E-state index contributed by atoms with van der Waals surface area (Å²) >= 11 is 0. The third kappa shape index (κ3) is 3.21. The van der Waals surface area contributed by atoms with Crippen LogP contribution in [0.25, 0.3) is 0 Å². The summed E-state index contributed by atoms with van der Waals surface area (Å²) in [4.78, 5) is 10.5. The van der Waals surface area contributed by atoms with Crippen LogP contribution in [0.2, 0.25) is 0 Å². The molecule has 2 nitrogen and oxygen atoms in total. The van der Waals surface area contributed by atoms with Crippen molar-refractivity contribution in [3.05, 3.63) is 11.6 Å². The molecule has 1 saturated carbocycles. The number of ether oxygens (including phenoxy) is 1. The highest BCUT2D eigenvalue weighted by molar-refractivity contribution is 5.66. The largest absolute Gasteiger partial charge is 0.462 e. The summed E-state index contributed by atoms with van der Waals surface area (Å²) in [5.74, 6) is 1.36. The van der Waals surface area contributed by atoms with Crippen LogP contribution in [0, 0.1) is 11.8 Å². The van der Waals surface area contributed by atoms with Crippen LogP contribution in [0.15, 0.2) is 11.6 Å². The lowest BCUT2D eigenvalue weighted by Gasteiger charge is -2.04. The van der Waals surface area contributed by atoms with E-state index in [9.17, 15) is 4.79 Å². The van der Waals surface area contributed by atoms with Gasteiger partial charge in [0, 0.05) is 6.92 Å². The van der Waals surface area contributed by atoms with Crippen molar-refractivity contribution in [2.75, 3.05) is 6.61 Å². The Morgan fingerprint density at radius 1 is 1.46 bits per heavy atom. The van der Waals surface area contributed by atoms with Gasteiger partial charge in [-0.3, -0.25) is 4.79 Å². The van der Waals surface area contributed by atoms with Crippen molar-refractivity contribution in [2.45, 2.75) is 33.6 Å². The minimum absolute atomic E-state index is 0.198. The van der Waals surface area contributed by atoms with E-state index in [4.69, 9.17) is 4.74 Å². The van der Waals surface area contributed by atoms with Crippen molar-refractivity contribution in [1.29, 1.82) is 0 Å². The average molecular weight is 182 g/mol. The minimum atomic E-state index is -0.198. The van der Waals surface area contributed by atoms with Crippen LogP contribution in [0.3, 0.4) is 0 Å². The predicted molar refractivity (Wildman–Crippen MR) is 52.3 cm³/mol. The van der Waals surface area contributed by atoms with Gasteiger partial charge in [-0.25, -0.2) is 0 Å². The van der Waals surface area contributed by atoms with E-state index in [0.29, 0.717) is 6.61 Å². The van der Waals surface area contributed by atoms with E-state index in [-0.39, 0.29) is 5.97 Å². The molecule has 13 heavy (non-hydrogen) atoms. The van der Waals surface area contributed by atoms with Gasteiger partial charge >= 0.3 is 5.97 Å². The second-order valence-electron chi connectivity index (χ2n) is 4.03. The van der Waals surface area contributed by atoms with Gasteiger partial charge in [-0.05, 0) is 30.8 Å². The topological polar surface area (TPSA) is 26.3 Å². The van der Waals surface area contributed by atoms with Crippen molar-refractivity contribution in [3.8, 4) is 0 Å². The zero-order valence-corrected chi connectivity index (χ0v) is 8.67. The molecule has 0 amide bonds. The minimum Gasteiger partial charge on any atom is -0.462 e. The maximum Gasteiger partial charge on any atom is 0.302 e. The molecule has 0 heterocycles. The highest BCUT2D eigenvalue weighted by Crippen LogP contribution is 2.34. The van der Waals surface area contributed by atoms with Crippen LogP contribution in [-0.4, -0.2) is 12.6 Å². The number of carbonyl (C=O) groups excluding carboxylic acids is 1. The summed E-state index contributed by atoms with van der Waals surface area (Å²) in [5, 5.41) is 0. The zero-order chi connectivity index (χ0) is 9.84. The Hall–Kier alpha value is -0.790. The van der Waals surface area contributed by atoms with E-state index in [0.717, 1.165) is 11.8 Å². The van der Waals surface area contributed by atoms with Crippen LogP contribution in [0.1, 0.15) is 33.6 Å². The first-order valence-corrected chi connectivity index (χ1v) is 4.91. The number of rotatable bonds is 2. The van der Waals surface area contributed by atoms with Gasteiger partial charge in [0.1, 0.15) is 6.61 Å². The predicted octanol–water partition coefficient (Wildman–Crippen LogP) is 2.54.